The lowest BCUT2D eigenvalue weighted by atomic mass is 11.8. The second kappa shape index (κ2) is 3.10. The molecule has 32 valence electrons. The van der Waals surface area contributed by atoms with Crippen LogP contribution in [0.3, 0.4) is 0 Å². The summed E-state index contributed by atoms with van der Waals surface area (Å²) in [6.07, 6.45) is 0. The molecule has 0 atom stereocenters. The van der Waals surface area contributed by atoms with Crippen molar-refractivity contribution in [1.82, 2.24) is 0 Å². The van der Waals surface area contributed by atoms with Crippen LogP contribution < -0.4 is 0 Å². The van der Waals surface area contributed by atoms with E-state index in [4.69, 9.17) is 19.7 Å². The molecule has 0 spiro atoms. The van der Waals surface area contributed by atoms with Gasteiger partial charge in [0.05, 0.1) is 0 Å². The Morgan fingerprint density at radius 3 is 1.14 bits per heavy atom. The Labute approximate surface area is 42.9 Å². The Morgan fingerprint density at radius 1 is 0.857 bits per heavy atom. The average molecular weight is 109 g/mol. The Kier molecular flexibility index (Phi) is 2.62. The van der Waals surface area contributed by atoms with E-state index in [0.29, 0.717) is 0 Å². The van der Waals surface area contributed by atoms with Crippen LogP contribution in [0.1, 0.15) is 0 Å². The molecule has 0 aromatic heterocycles. The van der Waals surface area contributed by atoms with Crippen molar-refractivity contribution in [3.8, 4) is 0 Å². The molecule has 0 aliphatic heterocycles. The van der Waals surface area contributed by atoms with Gasteiger partial charge in [0.15, 0.2) is 0 Å². The molecule has 0 unspecified atom stereocenters. The van der Waals surface area contributed by atoms with Gasteiger partial charge in [0.2, 0.25) is 0 Å². The zero-order valence-corrected chi connectivity index (χ0v) is 4.18. The molecule has 0 aliphatic carbocycles. The van der Waals surface area contributed by atoms with E-state index in [2.05, 4.69) is 13.8 Å². The van der Waals surface area contributed by atoms with E-state index >= 15 is 0 Å². The summed E-state index contributed by atoms with van der Waals surface area (Å²) in [6.45, 7) is 18.6. The van der Waals surface area contributed by atoms with Crippen molar-refractivity contribution >= 4 is 8.37 Å². The van der Waals surface area contributed by atoms with Gasteiger partial charge in [-0.1, -0.05) is 0 Å². The number of hydrogen-bond acceptors (Lipinski definition) is 0. The second-order valence-corrected chi connectivity index (χ2v) is 1.70. The maximum atomic E-state index is 6.19. The third-order valence-corrected chi connectivity index (χ3v) is 0.805. The molecule has 0 aromatic carbocycles. The van der Waals surface area contributed by atoms with Crippen LogP contribution in [0.2, 0.25) is 0 Å². The third kappa shape index (κ3) is 1.72. The van der Waals surface area contributed by atoms with Crippen molar-refractivity contribution in [3.63, 3.8) is 0 Å². The lowest BCUT2D eigenvalue weighted by molar-refractivity contribution is 2.34. The topological polar surface area (TPSA) is 13.1 Å². The summed E-state index contributed by atoms with van der Waals surface area (Å²) in [7, 11) is -1.68. The van der Waals surface area contributed by atoms with Gasteiger partial charge in [-0.25, -0.2) is 19.7 Å². The van der Waals surface area contributed by atoms with Crippen LogP contribution in [0.25, 0.3) is 13.8 Å². The first-order valence-corrected chi connectivity index (χ1v) is 2.47. The molecule has 0 amide bonds. The van der Waals surface area contributed by atoms with Crippen LogP contribution in [0, 0.1) is 19.7 Å². The zero-order valence-electron chi connectivity index (χ0n) is 3.29. The summed E-state index contributed by atoms with van der Waals surface area (Å²) >= 11 is 0. The lowest BCUT2D eigenvalue weighted by Crippen LogP contribution is -1.32. The maximum Gasteiger partial charge on any atom is 1.09 e. The van der Waals surface area contributed by atoms with Crippen molar-refractivity contribution in [1.29, 1.82) is 0 Å². The minimum absolute atomic E-state index is 1.68. The van der Waals surface area contributed by atoms with E-state index in [9.17, 15) is 0 Å². The normalized spacial score (nSPS) is 6.00. The molecule has 0 aliphatic rings. The van der Waals surface area contributed by atoms with Gasteiger partial charge in [0, 0.05) is 0 Å². The number of rotatable bonds is 0. The summed E-state index contributed by atoms with van der Waals surface area (Å²) < 4.78 is 8.19. The van der Waals surface area contributed by atoms with Gasteiger partial charge in [-0.05, 0) is 0 Å². The Balaban J connectivity index is 3.82. The third-order valence-electron chi connectivity index (χ3n) is 0.268. The highest BCUT2D eigenvalue weighted by molar-refractivity contribution is 7.63. The van der Waals surface area contributed by atoms with Gasteiger partial charge in [0.25, 0.3) is 0 Å². The maximum absolute atomic E-state index is 6.19. The quantitative estimate of drug-likeness (QED) is 0.333. The molecule has 0 aromatic rings. The minimum Gasteiger partial charge on any atom is -0.217 e. The van der Waals surface area contributed by atoms with Crippen molar-refractivity contribution in [2.75, 3.05) is 0 Å². The highest BCUT2D eigenvalue weighted by Crippen LogP contribution is 2.39. The minimum atomic E-state index is -1.68. The lowest BCUT2D eigenvalue weighted by Gasteiger charge is -1.54. The molecule has 0 rings (SSSR count). The fourth-order valence-corrected chi connectivity index (χ4v) is 0.201. The average Bonchev–Trinajstić information content (AvgIpc) is 1.72. The van der Waals surface area contributed by atoms with Gasteiger partial charge in [-0.3, -0.25) is 0 Å². The summed E-state index contributed by atoms with van der Waals surface area (Å²) in [5, 5.41) is 0. The molecule has 0 radical (unpaired) electrons. The van der Waals surface area contributed by atoms with E-state index in [-0.39, 0.29) is 0 Å². The van der Waals surface area contributed by atoms with Crippen LogP contribution in [-0.2, 0) is 0 Å². The van der Waals surface area contributed by atoms with E-state index in [1.54, 1.807) is 0 Å². The van der Waals surface area contributed by atoms with Crippen molar-refractivity contribution in [3.05, 3.63) is 33.6 Å². The molecule has 4 heteroatoms. The molecule has 0 saturated carbocycles. The Hall–Kier alpha value is -1.10. The molecule has 0 fully saturated rings. The first-order chi connectivity index (χ1) is 3.35. The molecule has 3 nitrogen and oxygen atoms in total. The van der Waals surface area contributed by atoms with Crippen LogP contribution >= 0.6 is 8.37 Å². The first-order valence-electron chi connectivity index (χ1n) is 1.27. The Bertz CT molecular complexity index is 133. The van der Waals surface area contributed by atoms with Crippen LogP contribution in [0.15, 0.2) is 0 Å². The van der Waals surface area contributed by atoms with E-state index < -0.39 is 8.37 Å². The number of nitrogens with zero attached hydrogens (tertiary/aromatic N) is 3. The number of hydrogen-bond donors (Lipinski definition) is 0. The largest absolute Gasteiger partial charge is 1.09 e. The van der Waals surface area contributed by atoms with Gasteiger partial charge >= 0.3 is 8.37 Å². The second-order valence-electron chi connectivity index (χ2n) is 0.568. The van der Waals surface area contributed by atoms with Gasteiger partial charge < -0.3 is 0 Å². The van der Waals surface area contributed by atoms with E-state index in [1.807, 2.05) is 0 Å². The SMILES string of the molecule is [C-]#[N+]P([N+]#[C-])[N+]#[C-]. The summed E-state index contributed by atoms with van der Waals surface area (Å²) in [6, 6.07) is 0. The summed E-state index contributed by atoms with van der Waals surface area (Å²) in [5.41, 5.74) is 0. The fourth-order valence-electron chi connectivity index (χ4n) is 0.0671. The highest BCUT2D eigenvalue weighted by atomic mass is 31.1. The smallest absolute Gasteiger partial charge is 0.217 e. The first kappa shape index (κ1) is 5.90. The standard InChI is InChI=1S/C3N3P/c1-4-7(5-2)6-3. The van der Waals surface area contributed by atoms with Gasteiger partial charge in [-0.2, -0.15) is 0 Å². The van der Waals surface area contributed by atoms with Crippen LogP contribution in [-0.4, -0.2) is 0 Å². The molecular weight excluding hydrogens is 109 g/mol. The molecular formula is C3N3P. The monoisotopic (exact) mass is 109 g/mol. The molecule has 0 saturated heterocycles. The fraction of sp³-hybridized carbons (Fsp3) is 0. The van der Waals surface area contributed by atoms with Gasteiger partial charge in [0.1, 0.15) is 0 Å². The molecule has 0 bridgehead atoms. The Morgan fingerprint density at radius 2 is 1.14 bits per heavy atom. The summed E-state index contributed by atoms with van der Waals surface area (Å²) in [5.74, 6) is 0. The zero-order chi connectivity index (χ0) is 5.70. The van der Waals surface area contributed by atoms with E-state index in [0.717, 1.165) is 0 Å². The van der Waals surface area contributed by atoms with Crippen LogP contribution in [0.4, 0.5) is 0 Å². The molecule has 0 heterocycles. The van der Waals surface area contributed by atoms with E-state index in [1.165, 1.54) is 0 Å². The van der Waals surface area contributed by atoms with Crippen molar-refractivity contribution in [2.45, 2.75) is 0 Å². The van der Waals surface area contributed by atoms with Crippen LogP contribution in [0.5, 0.6) is 0 Å². The molecule has 7 heavy (non-hydrogen) atoms. The molecule has 0 N–H and O–H groups in total. The summed E-state index contributed by atoms with van der Waals surface area (Å²) in [4.78, 5) is 0. The van der Waals surface area contributed by atoms with Gasteiger partial charge in [-0.15, -0.1) is 13.8 Å². The van der Waals surface area contributed by atoms with Crippen molar-refractivity contribution in [2.24, 2.45) is 0 Å². The highest BCUT2D eigenvalue weighted by Gasteiger charge is 2.35. The predicted molar refractivity (Wildman–Crippen MR) is 26.7 cm³/mol. The predicted octanol–water partition coefficient (Wildman–Crippen LogP) is 1.97. The van der Waals surface area contributed by atoms with Crippen molar-refractivity contribution < 1.29 is 0 Å².